The molecule has 0 radical (unpaired) electrons. The van der Waals surface area contributed by atoms with Crippen LogP contribution in [0.5, 0.6) is 11.5 Å². The van der Waals surface area contributed by atoms with E-state index in [2.05, 4.69) is 20.5 Å². The van der Waals surface area contributed by atoms with E-state index < -0.39 is 21.8 Å². The quantitative estimate of drug-likeness (QED) is 0.117. The van der Waals surface area contributed by atoms with Crippen LogP contribution >= 0.6 is 0 Å². The van der Waals surface area contributed by atoms with Crippen LogP contribution in [0.3, 0.4) is 0 Å². The maximum Gasteiger partial charge on any atom is 0.338 e. The summed E-state index contributed by atoms with van der Waals surface area (Å²) in [5.41, 5.74) is 5.56. The van der Waals surface area contributed by atoms with Gasteiger partial charge in [0.15, 0.2) is 0 Å². The third-order valence-corrected chi connectivity index (χ3v) is 4.88. The predicted octanol–water partition coefficient (Wildman–Crippen LogP) is 4.46. The number of phenolic OH excluding ortho intramolecular Hbond substituents is 2. The third kappa shape index (κ3) is 5.21. The molecular formula is C19H15N5O7S. The first-order valence-corrected chi connectivity index (χ1v) is 10.1. The van der Waals surface area contributed by atoms with E-state index in [9.17, 15) is 28.5 Å². The maximum atomic E-state index is 11.6. The van der Waals surface area contributed by atoms with Gasteiger partial charge in [-0.25, -0.2) is 4.79 Å². The number of benzene rings is 3. The van der Waals surface area contributed by atoms with Gasteiger partial charge in [0.25, 0.3) is 10.1 Å². The molecule has 0 spiro atoms. The van der Waals surface area contributed by atoms with Gasteiger partial charge in [-0.05, 0) is 48.5 Å². The van der Waals surface area contributed by atoms with Crippen molar-refractivity contribution in [3.8, 4) is 11.5 Å². The van der Waals surface area contributed by atoms with Gasteiger partial charge < -0.3 is 21.1 Å². The molecule has 0 aromatic heterocycles. The Morgan fingerprint density at radius 2 is 1.38 bits per heavy atom. The number of aromatic carboxylic acids is 1. The molecule has 0 aliphatic heterocycles. The van der Waals surface area contributed by atoms with Gasteiger partial charge in [-0.15, -0.1) is 10.2 Å². The van der Waals surface area contributed by atoms with Crippen molar-refractivity contribution in [2.45, 2.75) is 4.90 Å². The van der Waals surface area contributed by atoms with E-state index in [1.54, 1.807) is 0 Å². The number of rotatable bonds is 6. The summed E-state index contributed by atoms with van der Waals surface area (Å²) in [7, 11) is -4.33. The van der Waals surface area contributed by atoms with Gasteiger partial charge in [0.2, 0.25) is 0 Å². The highest BCUT2D eigenvalue weighted by molar-refractivity contribution is 7.85. The average molecular weight is 457 g/mol. The second kappa shape index (κ2) is 8.79. The van der Waals surface area contributed by atoms with Gasteiger partial charge in [0, 0.05) is 6.07 Å². The van der Waals surface area contributed by atoms with E-state index in [1.807, 2.05) is 0 Å². The maximum absolute atomic E-state index is 11.6. The van der Waals surface area contributed by atoms with Crippen molar-refractivity contribution in [1.82, 2.24) is 0 Å². The van der Waals surface area contributed by atoms with Crippen LogP contribution in [0.1, 0.15) is 10.4 Å². The molecule has 0 bridgehead atoms. The zero-order valence-corrected chi connectivity index (χ0v) is 16.8. The molecule has 0 aliphatic rings. The number of azo groups is 2. The number of hydrogen-bond acceptors (Lipinski definition) is 10. The van der Waals surface area contributed by atoms with Crippen molar-refractivity contribution >= 4 is 44.5 Å². The first kappa shape index (κ1) is 22.3. The fourth-order valence-electron chi connectivity index (χ4n) is 2.41. The molecule has 6 N–H and O–H groups in total. The molecule has 3 aromatic rings. The number of carboxylic acid groups (broad SMARTS) is 1. The molecule has 0 fully saturated rings. The van der Waals surface area contributed by atoms with Crippen molar-refractivity contribution in [2.75, 3.05) is 5.73 Å². The molecule has 0 aliphatic carbocycles. The minimum absolute atomic E-state index is 0.0417. The molecule has 13 heteroatoms. The predicted molar refractivity (Wildman–Crippen MR) is 112 cm³/mol. The first-order chi connectivity index (χ1) is 15.0. The number of hydrogen-bond donors (Lipinski definition) is 5. The number of phenols is 2. The minimum atomic E-state index is -4.33. The van der Waals surface area contributed by atoms with Crippen LogP contribution in [-0.2, 0) is 10.1 Å². The SMILES string of the molecule is Nc1cc(N=Nc2ccc(N=Nc3ccc(S(=O)(=O)O)cc3)cc2C(=O)O)c(O)cc1O. The first-order valence-electron chi connectivity index (χ1n) is 8.64. The smallest absolute Gasteiger partial charge is 0.338 e. The van der Waals surface area contributed by atoms with Gasteiger partial charge in [-0.3, -0.25) is 4.55 Å². The van der Waals surface area contributed by atoms with E-state index in [0.717, 1.165) is 18.2 Å². The van der Waals surface area contributed by atoms with Crippen molar-refractivity contribution < 1.29 is 33.1 Å². The Kier molecular flexibility index (Phi) is 6.13. The van der Waals surface area contributed by atoms with E-state index in [4.69, 9.17) is 10.3 Å². The Hall–Kier alpha value is -4.36. The summed E-state index contributed by atoms with van der Waals surface area (Å²) in [5.74, 6) is -2.05. The summed E-state index contributed by atoms with van der Waals surface area (Å²) in [6.45, 7) is 0. The minimum Gasteiger partial charge on any atom is -0.506 e. The molecule has 164 valence electrons. The number of nitrogens with two attached hydrogens (primary N) is 1. The normalized spacial score (nSPS) is 11.9. The van der Waals surface area contributed by atoms with Crippen molar-refractivity contribution in [3.05, 3.63) is 60.2 Å². The number of aromatic hydroxyl groups is 2. The summed E-state index contributed by atoms with van der Waals surface area (Å²) in [6.07, 6.45) is 0. The molecule has 0 unspecified atom stereocenters. The largest absolute Gasteiger partial charge is 0.506 e. The lowest BCUT2D eigenvalue weighted by atomic mass is 10.1. The fourth-order valence-corrected chi connectivity index (χ4v) is 2.89. The van der Waals surface area contributed by atoms with E-state index >= 15 is 0 Å². The monoisotopic (exact) mass is 457 g/mol. The summed E-state index contributed by atoms with van der Waals surface area (Å²) >= 11 is 0. The highest BCUT2D eigenvalue weighted by Gasteiger charge is 2.12. The lowest BCUT2D eigenvalue weighted by molar-refractivity contribution is 0.0697. The number of anilines is 1. The number of nitrogens with zero attached hydrogens (tertiary/aromatic N) is 4. The van der Waals surface area contributed by atoms with Gasteiger partial charge in [-0.1, -0.05) is 0 Å². The van der Waals surface area contributed by atoms with Crippen LogP contribution in [0.25, 0.3) is 0 Å². The Morgan fingerprint density at radius 1 is 0.781 bits per heavy atom. The molecule has 3 rings (SSSR count). The lowest BCUT2D eigenvalue weighted by Crippen LogP contribution is -1.96. The van der Waals surface area contributed by atoms with Gasteiger partial charge in [0.1, 0.15) is 22.9 Å². The van der Waals surface area contributed by atoms with Crippen molar-refractivity contribution in [1.29, 1.82) is 0 Å². The zero-order chi connectivity index (χ0) is 23.5. The van der Waals surface area contributed by atoms with Crippen molar-refractivity contribution in [2.24, 2.45) is 20.5 Å². The van der Waals surface area contributed by atoms with Crippen molar-refractivity contribution in [3.63, 3.8) is 0 Å². The Balaban J connectivity index is 1.87. The van der Waals surface area contributed by atoms with Gasteiger partial charge in [0.05, 0.1) is 27.5 Å². The molecule has 12 nitrogen and oxygen atoms in total. The molecule has 0 atom stereocenters. The second-order valence-electron chi connectivity index (χ2n) is 6.28. The van der Waals surface area contributed by atoms with E-state index in [0.29, 0.717) is 0 Å². The fraction of sp³-hybridized carbons (Fsp3) is 0. The highest BCUT2D eigenvalue weighted by atomic mass is 32.2. The van der Waals surface area contributed by atoms with E-state index in [1.165, 1.54) is 36.4 Å². The Labute approximate surface area is 180 Å². The number of carbonyl (C=O) groups is 1. The summed E-state index contributed by atoms with van der Waals surface area (Å²) in [6, 6.07) is 11.0. The molecular weight excluding hydrogens is 442 g/mol. The summed E-state index contributed by atoms with van der Waals surface area (Å²) in [4.78, 5) is 11.3. The van der Waals surface area contributed by atoms with Crippen LogP contribution in [0.2, 0.25) is 0 Å². The van der Waals surface area contributed by atoms with Gasteiger partial charge in [-0.2, -0.15) is 18.6 Å². The molecule has 3 aromatic carbocycles. The summed E-state index contributed by atoms with van der Waals surface area (Å²) < 4.78 is 31.1. The molecule has 0 amide bonds. The summed E-state index contributed by atoms with van der Waals surface area (Å²) in [5, 5.41) is 44.1. The molecule has 0 heterocycles. The van der Waals surface area contributed by atoms with Crippen LogP contribution in [0, 0.1) is 0 Å². The molecule has 0 saturated carbocycles. The highest BCUT2D eigenvalue weighted by Crippen LogP contribution is 2.36. The van der Waals surface area contributed by atoms with Crippen LogP contribution in [0.4, 0.5) is 28.4 Å². The average Bonchev–Trinajstić information content (AvgIpc) is 2.73. The number of carboxylic acids is 1. The van der Waals surface area contributed by atoms with Crippen LogP contribution in [0.15, 0.2) is 79.9 Å². The third-order valence-electron chi connectivity index (χ3n) is 4.02. The second-order valence-corrected chi connectivity index (χ2v) is 7.70. The zero-order valence-electron chi connectivity index (χ0n) is 16.0. The van der Waals surface area contributed by atoms with Crippen LogP contribution in [-0.4, -0.2) is 34.3 Å². The van der Waals surface area contributed by atoms with Crippen LogP contribution < -0.4 is 5.73 Å². The topological polar surface area (TPSA) is 208 Å². The molecule has 0 saturated heterocycles. The Bertz CT molecular complexity index is 1350. The molecule has 32 heavy (non-hydrogen) atoms. The Morgan fingerprint density at radius 3 is 2.00 bits per heavy atom. The van der Waals surface area contributed by atoms with E-state index in [-0.39, 0.29) is 44.6 Å². The van der Waals surface area contributed by atoms with Gasteiger partial charge >= 0.3 is 5.97 Å². The number of nitrogen functional groups attached to an aromatic ring is 1. The lowest BCUT2D eigenvalue weighted by Gasteiger charge is -2.04. The standard InChI is InChI=1S/C19H15N5O7S/c20-14-8-16(18(26)9-17(14)25)24-23-15-6-3-11(7-13(15)19(27)28)22-21-10-1-4-12(5-2-10)32(29,30)31/h1-9,25-26H,20H2,(H,27,28)(H,29,30,31).